The predicted molar refractivity (Wildman–Crippen MR) is 129 cm³/mol. The zero-order chi connectivity index (χ0) is 23.2. The van der Waals surface area contributed by atoms with Gasteiger partial charge in [0.25, 0.3) is 0 Å². The Morgan fingerprint density at radius 3 is 2.64 bits per heavy atom. The summed E-state index contributed by atoms with van der Waals surface area (Å²) in [5, 5.41) is 0. The van der Waals surface area contributed by atoms with Gasteiger partial charge < -0.3 is 19.1 Å². The maximum atomic E-state index is 12.1. The van der Waals surface area contributed by atoms with Crippen LogP contribution in [0.2, 0.25) is 0 Å². The predicted octanol–water partition coefficient (Wildman–Crippen LogP) is 4.44. The Balaban J connectivity index is 1.46. The topological polar surface area (TPSA) is 51.2 Å². The van der Waals surface area contributed by atoms with Crippen molar-refractivity contribution in [2.45, 2.75) is 58.4 Å². The Kier molecular flexibility index (Phi) is 7.89. The van der Waals surface area contributed by atoms with Crippen LogP contribution >= 0.6 is 0 Å². The van der Waals surface area contributed by atoms with Gasteiger partial charge in [0.05, 0.1) is 18.2 Å². The minimum absolute atomic E-state index is 0.129. The van der Waals surface area contributed by atoms with Crippen LogP contribution in [0.15, 0.2) is 48.5 Å². The molecule has 4 rings (SSSR count). The summed E-state index contributed by atoms with van der Waals surface area (Å²) in [5.74, 6) is 1.89. The summed E-state index contributed by atoms with van der Waals surface area (Å²) in [6.45, 7) is 10.2. The van der Waals surface area contributed by atoms with Crippen LogP contribution in [-0.4, -0.2) is 60.8 Å². The fourth-order valence-corrected chi connectivity index (χ4v) is 4.59. The molecule has 1 amide bonds. The van der Waals surface area contributed by atoms with Crippen molar-refractivity contribution in [2.75, 3.05) is 32.8 Å². The fourth-order valence-electron chi connectivity index (χ4n) is 4.59. The molecule has 33 heavy (non-hydrogen) atoms. The molecular weight excluding hydrogens is 416 g/mol. The molecule has 0 radical (unpaired) electrons. The number of ether oxygens (including phenoxy) is 3. The normalized spacial score (nSPS) is 21.4. The van der Waals surface area contributed by atoms with Gasteiger partial charge in [0, 0.05) is 39.7 Å². The molecule has 0 aliphatic carbocycles. The molecule has 2 fully saturated rings. The van der Waals surface area contributed by atoms with Crippen LogP contribution in [0.4, 0.5) is 0 Å². The van der Waals surface area contributed by atoms with Gasteiger partial charge in [-0.1, -0.05) is 24.3 Å². The van der Waals surface area contributed by atoms with Crippen LogP contribution in [0, 0.1) is 0 Å². The highest BCUT2D eigenvalue weighted by atomic mass is 16.5. The molecule has 2 saturated heterocycles. The SMILES string of the molecule is CC(=O)N1CCN(Cc2cccc(OC[C@@H]3CCCO3)c2)[C@@H](c2ccc(OC(C)C)cc2)C1. The highest BCUT2D eigenvalue weighted by Crippen LogP contribution is 2.29. The van der Waals surface area contributed by atoms with Crippen molar-refractivity contribution in [3.8, 4) is 11.5 Å². The molecule has 0 saturated carbocycles. The molecule has 2 heterocycles. The Labute approximate surface area is 197 Å². The number of nitrogens with zero attached hydrogens (tertiary/aromatic N) is 2. The van der Waals surface area contributed by atoms with Crippen molar-refractivity contribution in [3.63, 3.8) is 0 Å². The third-order valence-electron chi connectivity index (χ3n) is 6.32. The lowest BCUT2D eigenvalue weighted by molar-refractivity contribution is -0.132. The van der Waals surface area contributed by atoms with Gasteiger partial charge in [-0.05, 0) is 62.1 Å². The molecule has 0 aromatic heterocycles. The minimum Gasteiger partial charge on any atom is -0.491 e. The van der Waals surface area contributed by atoms with Crippen molar-refractivity contribution in [1.29, 1.82) is 0 Å². The molecule has 178 valence electrons. The van der Waals surface area contributed by atoms with Gasteiger partial charge in [-0.25, -0.2) is 0 Å². The van der Waals surface area contributed by atoms with Crippen molar-refractivity contribution in [2.24, 2.45) is 0 Å². The number of rotatable bonds is 8. The monoisotopic (exact) mass is 452 g/mol. The summed E-state index contributed by atoms with van der Waals surface area (Å²) in [6, 6.07) is 16.8. The second-order valence-corrected chi connectivity index (χ2v) is 9.28. The second-order valence-electron chi connectivity index (χ2n) is 9.28. The first kappa shape index (κ1) is 23.6. The molecule has 0 bridgehead atoms. The van der Waals surface area contributed by atoms with Gasteiger partial charge >= 0.3 is 0 Å². The molecule has 2 aromatic carbocycles. The number of carbonyl (C=O) groups excluding carboxylic acids is 1. The fraction of sp³-hybridized carbons (Fsp3) is 0.519. The van der Waals surface area contributed by atoms with Gasteiger partial charge in [-0.2, -0.15) is 0 Å². The lowest BCUT2D eigenvalue weighted by Crippen LogP contribution is -2.49. The largest absolute Gasteiger partial charge is 0.491 e. The van der Waals surface area contributed by atoms with E-state index >= 15 is 0 Å². The summed E-state index contributed by atoms with van der Waals surface area (Å²) < 4.78 is 17.5. The van der Waals surface area contributed by atoms with Gasteiger partial charge in [0.2, 0.25) is 5.91 Å². The number of carbonyl (C=O) groups is 1. The lowest BCUT2D eigenvalue weighted by Gasteiger charge is -2.41. The molecule has 6 heteroatoms. The van der Waals surface area contributed by atoms with E-state index in [-0.39, 0.29) is 24.2 Å². The number of hydrogen-bond acceptors (Lipinski definition) is 5. The first-order valence-corrected chi connectivity index (χ1v) is 12.1. The maximum absolute atomic E-state index is 12.1. The highest BCUT2D eigenvalue weighted by molar-refractivity contribution is 5.73. The molecule has 2 aliphatic rings. The standard InChI is InChI=1S/C27H36N2O4/c1-20(2)33-24-11-9-23(10-12-24)27-18-28(21(3)30)13-14-29(27)17-22-6-4-7-25(16-22)32-19-26-8-5-15-31-26/h4,6-7,9-12,16,20,26-27H,5,8,13-15,17-19H2,1-3H3/t26-,27+/m0/s1. The lowest BCUT2D eigenvalue weighted by atomic mass is 10.0. The van der Waals surface area contributed by atoms with Crippen molar-refractivity contribution < 1.29 is 19.0 Å². The molecule has 2 atom stereocenters. The Morgan fingerprint density at radius 1 is 1.12 bits per heavy atom. The van der Waals surface area contributed by atoms with Gasteiger partial charge in [-0.3, -0.25) is 9.69 Å². The molecule has 0 unspecified atom stereocenters. The molecule has 6 nitrogen and oxygen atoms in total. The van der Waals surface area contributed by atoms with Gasteiger partial charge in [0.1, 0.15) is 18.1 Å². The van der Waals surface area contributed by atoms with E-state index in [1.54, 1.807) is 6.92 Å². The summed E-state index contributed by atoms with van der Waals surface area (Å²) in [4.78, 5) is 16.5. The summed E-state index contributed by atoms with van der Waals surface area (Å²) in [7, 11) is 0. The Hall–Kier alpha value is -2.57. The van der Waals surface area contributed by atoms with Crippen LogP contribution in [0.3, 0.4) is 0 Å². The minimum atomic E-state index is 0.129. The Morgan fingerprint density at radius 2 is 1.94 bits per heavy atom. The van der Waals surface area contributed by atoms with Gasteiger partial charge in [0.15, 0.2) is 0 Å². The molecule has 2 aromatic rings. The first-order chi connectivity index (χ1) is 16.0. The maximum Gasteiger partial charge on any atom is 0.219 e. The molecule has 0 N–H and O–H groups in total. The van der Waals surface area contributed by atoms with Crippen LogP contribution in [0.25, 0.3) is 0 Å². The number of benzene rings is 2. The van der Waals surface area contributed by atoms with Crippen LogP contribution < -0.4 is 9.47 Å². The van der Waals surface area contributed by atoms with Crippen LogP contribution in [-0.2, 0) is 16.1 Å². The quantitative estimate of drug-likeness (QED) is 0.593. The summed E-state index contributed by atoms with van der Waals surface area (Å²) in [6.07, 6.45) is 2.54. The Bertz CT molecular complexity index is 909. The average molecular weight is 453 g/mol. The third kappa shape index (κ3) is 6.49. The second kappa shape index (κ2) is 11.0. The van der Waals surface area contributed by atoms with Gasteiger partial charge in [-0.15, -0.1) is 0 Å². The van der Waals surface area contributed by atoms with E-state index in [1.807, 2.05) is 36.9 Å². The average Bonchev–Trinajstić information content (AvgIpc) is 3.32. The first-order valence-electron chi connectivity index (χ1n) is 12.1. The zero-order valence-corrected chi connectivity index (χ0v) is 20.0. The van der Waals surface area contributed by atoms with E-state index in [1.165, 1.54) is 11.1 Å². The smallest absolute Gasteiger partial charge is 0.219 e. The number of amides is 1. The number of hydrogen-bond donors (Lipinski definition) is 0. The highest BCUT2D eigenvalue weighted by Gasteiger charge is 2.29. The van der Waals surface area contributed by atoms with Crippen LogP contribution in [0.5, 0.6) is 11.5 Å². The third-order valence-corrected chi connectivity index (χ3v) is 6.32. The summed E-state index contributed by atoms with van der Waals surface area (Å²) >= 11 is 0. The number of piperazine rings is 1. The molecule has 0 spiro atoms. The van der Waals surface area contributed by atoms with Crippen molar-refractivity contribution in [3.05, 3.63) is 59.7 Å². The molecule has 2 aliphatic heterocycles. The van der Waals surface area contributed by atoms with E-state index in [9.17, 15) is 4.79 Å². The van der Waals surface area contributed by atoms with E-state index in [2.05, 4.69) is 35.2 Å². The van der Waals surface area contributed by atoms with E-state index in [0.717, 1.165) is 50.6 Å². The van der Waals surface area contributed by atoms with Crippen molar-refractivity contribution >= 4 is 5.91 Å². The van der Waals surface area contributed by atoms with Crippen LogP contribution in [0.1, 0.15) is 50.8 Å². The van der Waals surface area contributed by atoms with E-state index in [4.69, 9.17) is 14.2 Å². The summed E-state index contributed by atoms with van der Waals surface area (Å²) in [5.41, 5.74) is 2.41. The zero-order valence-electron chi connectivity index (χ0n) is 20.0. The van der Waals surface area contributed by atoms with E-state index < -0.39 is 0 Å². The molecular formula is C27H36N2O4. The van der Waals surface area contributed by atoms with E-state index in [0.29, 0.717) is 13.2 Å². The van der Waals surface area contributed by atoms with Crippen molar-refractivity contribution in [1.82, 2.24) is 9.80 Å².